The first-order valence-electron chi connectivity index (χ1n) is 7.47. The van der Waals surface area contributed by atoms with Crippen molar-refractivity contribution in [2.75, 3.05) is 5.32 Å². The summed E-state index contributed by atoms with van der Waals surface area (Å²) in [6, 6.07) is 6.62. The van der Waals surface area contributed by atoms with E-state index in [9.17, 15) is 9.59 Å². The lowest BCUT2D eigenvalue weighted by Crippen LogP contribution is -2.19. The van der Waals surface area contributed by atoms with Gasteiger partial charge in [0.1, 0.15) is 5.00 Å². The second-order valence-electron chi connectivity index (χ2n) is 5.88. The van der Waals surface area contributed by atoms with Crippen molar-refractivity contribution >= 4 is 39.8 Å². The quantitative estimate of drug-likeness (QED) is 0.883. The molecule has 120 valence electrons. The number of halogens is 1. The highest BCUT2D eigenvalue weighted by atomic mass is 35.5. The lowest BCUT2D eigenvalue weighted by molar-refractivity contribution is 0.1000. The zero-order valence-corrected chi connectivity index (χ0v) is 14.3. The molecule has 1 aliphatic rings. The number of amides is 2. The molecule has 0 radical (unpaired) electrons. The SMILES string of the molecule is CC1CCc2c(sc(NC(=O)c3ccc(Cl)cc3)c2C(N)=O)C1. The molecule has 6 heteroatoms. The summed E-state index contributed by atoms with van der Waals surface area (Å²) < 4.78 is 0. The van der Waals surface area contributed by atoms with Crippen LogP contribution < -0.4 is 11.1 Å². The number of nitrogens with two attached hydrogens (primary N) is 1. The molecule has 0 spiro atoms. The second kappa shape index (κ2) is 6.34. The molecule has 4 nitrogen and oxygen atoms in total. The van der Waals surface area contributed by atoms with Crippen LogP contribution in [0.1, 0.15) is 44.5 Å². The highest BCUT2D eigenvalue weighted by Gasteiger charge is 2.27. The molecule has 1 unspecified atom stereocenters. The lowest BCUT2D eigenvalue weighted by atomic mass is 9.88. The van der Waals surface area contributed by atoms with Crippen molar-refractivity contribution in [1.29, 1.82) is 0 Å². The molecule has 0 fully saturated rings. The van der Waals surface area contributed by atoms with Crippen LogP contribution in [0.15, 0.2) is 24.3 Å². The van der Waals surface area contributed by atoms with Crippen LogP contribution in [0.5, 0.6) is 0 Å². The number of rotatable bonds is 3. The van der Waals surface area contributed by atoms with Crippen molar-refractivity contribution in [3.05, 3.63) is 50.9 Å². The van der Waals surface area contributed by atoms with Gasteiger partial charge in [0.15, 0.2) is 0 Å². The third kappa shape index (κ3) is 3.26. The largest absolute Gasteiger partial charge is 0.365 e. The maximum Gasteiger partial charge on any atom is 0.256 e. The Kier molecular flexibility index (Phi) is 4.41. The normalized spacial score (nSPS) is 16.7. The van der Waals surface area contributed by atoms with E-state index in [-0.39, 0.29) is 5.91 Å². The number of carbonyl (C=O) groups excluding carboxylic acids is 2. The summed E-state index contributed by atoms with van der Waals surface area (Å²) in [6.07, 6.45) is 2.80. The van der Waals surface area contributed by atoms with Crippen molar-refractivity contribution < 1.29 is 9.59 Å². The first-order valence-corrected chi connectivity index (χ1v) is 8.66. The molecule has 3 rings (SSSR count). The van der Waals surface area contributed by atoms with Crippen molar-refractivity contribution in [3.63, 3.8) is 0 Å². The minimum Gasteiger partial charge on any atom is -0.365 e. The van der Waals surface area contributed by atoms with Crippen molar-refractivity contribution in [2.24, 2.45) is 11.7 Å². The van der Waals surface area contributed by atoms with Crippen LogP contribution in [0.2, 0.25) is 5.02 Å². The molecule has 23 heavy (non-hydrogen) atoms. The van der Waals surface area contributed by atoms with E-state index in [0.717, 1.165) is 29.7 Å². The van der Waals surface area contributed by atoms with Gasteiger partial charge in [-0.25, -0.2) is 0 Å². The van der Waals surface area contributed by atoms with E-state index >= 15 is 0 Å². The summed E-state index contributed by atoms with van der Waals surface area (Å²) in [5, 5.41) is 3.96. The van der Waals surface area contributed by atoms with E-state index in [4.69, 9.17) is 17.3 Å². The summed E-state index contributed by atoms with van der Waals surface area (Å²) in [6.45, 7) is 2.19. The van der Waals surface area contributed by atoms with E-state index in [1.54, 1.807) is 24.3 Å². The first-order chi connectivity index (χ1) is 11.0. The molecule has 1 aromatic heterocycles. The average molecular weight is 349 g/mol. The predicted octanol–water partition coefficient (Wildman–Crippen LogP) is 3.88. The van der Waals surface area contributed by atoms with Crippen molar-refractivity contribution in [3.8, 4) is 0 Å². The van der Waals surface area contributed by atoms with Gasteiger partial charge in [0, 0.05) is 15.5 Å². The average Bonchev–Trinajstić information content (AvgIpc) is 2.84. The van der Waals surface area contributed by atoms with Crippen LogP contribution in [0.3, 0.4) is 0 Å². The number of thiophene rings is 1. The molecule has 0 saturated heterocycles. The third-order valence-electron chi connectivity index (χ3n) is 4.09. The molecular weight excluding hydrogens is 332 g/mol. The van der Waals surface area contributed by atoms with Crippen LogP contribution in [0.25, 0.3) is 0 Å². The number of fused-ring (bicyclic) bond motifs is 1. The highest BCUT2D eigenvalue weighted by Crippen LogP contribution is 2.39. The van der Waals surface area contributed by atoms with Crippen molar-refractivity contribution in [2.45, 2.75) is 26.2 Å². The first kappa shape index (κ1) is 16.0. The van der Waals surface area contributed by atoms with Crippen LogP contribution in [-0.2, 0) is 12.8 Å². The number of anilines is 1. The van der Waals surface area contributed by atoms with Gasteiger partial charge in [-0.3, -0.25) is 9.59 Å². The van der Waals surface area contributed by atoms with Gasteiger partial charge in [-0.05, 0) is 55.0 Å². The molecule has 0 bridgehead atoms. The number of hydrogen-bond acceptors (Lipinski definition) is 3. The summed E-state index contributed by atoms with van der Waals surface area (Å²) in [7, 11) is 0. The Bertz CT molecular complexity index is 768. The lowest BCUT2D eigenvalue weighted by Gasteiger charge is -2.18. The van der Waals surface area contributed by atoms with Gasteiger partial charge in [0.2, 0.25) is 0 Å². The molecule has 3 N–H and O–H groups in total. The summed E-state index contributed by atoms with van der Waals surface area (Å²) in [5.41, 5.74) is 7.52. The van der Waals surface area contributed by atoms with Crippen LogP contribution in [-0.4, -0.2) is 11.8 Å². The monoisotopic (exact) mass is 348 g/mol. The van der Waals surface area contributed by atoms with Gasteiger partial charge < -0.3 is 11.1 Å². The fraction of sp³-hybridized carbons (Fsp3) is 0.294. The topological polar surface area (TPSA) is 72.2 Å². The summed E-state index contributed by atoms with van der Waals surface area (Å²) in [4.78, 5) is 25.4. The van der Waals surface area contributed by atoms with Crippen LogP contribution in [0, 0.1) is 5.92 Å². The Hall–Kier alpha value is -1.85. The van der Waals surface area contributed by atoms with Gasteiger partial charge in [-0.15, -0.1) is 11.3 Å². The maximum atomic E-state index is 12.4. The minimum atomic E-state index is -0.483. The smallest absolute Gasteiger partial charge is 0.256 e. The summed E-state index contributed by atoms with van der Waals surface area (Å²) in [5.74, 6) is -0.166. The number of primary amides is 1. The fourth-order valence-electron chi connectivity index (χ4n) is 2.88. The number of hydrogen-bond donors (Lipinski definition) is 2. The molecule has 1 aromatic carbocycles. The Balaban J connectivity index is 1.92. The van der Waals surface area contributed by atoms with Crippen molar-refractivity contribution in [1.82, 2.24) is 0 Å². The van der Waals surface area contributed by atoms with Gasteiger partial charge in [0.25, 0.3) is 11.8 Å². The number of carbonyl (C=O) groups is 2. The van der Waals surface area contributed by atoms with Gasteiger partial charge >= 0.3 is 0 Å². The zero-order chi connectivity index (χ0) is 16.6. The Morgan fingerprint density at radius 3 is 2.65 bits per heavy atom. The molecule has 2 amide bonds. The molecular formula is C17H17ClN2O2S. The second-order valence-corrected chi connectivity index (χ2v) is 7.42. The Labute approximate surface area is 143 Å². The van der Waals surface area contributed by atoms with E-state index in [1.165, 1.54) is 11.3 Å². The number of benzene rings is 1. The Morgan fingerprint density at radius 1 is 1.30 bits per heavy atom. The van der Waals surface area contributed by atoms with Crippen LogP contribution in [0.4, 0.5) is 5.00 Å². The van der Waals surface area contributed by atoms with E-state index in [1.807, 2.05) is 0 Å². The molecule has 2 aromatic rings. The maximum absolute atomic E-state index is 12.4. The minimum absolute atomic E-state index is 0.268. The van der Waals surface area contributed by atoms with E-state index in [2.05, 4.69) is 12.2 Å². The highest BCUT2D eigenvalue weighted by molar-refractivity contribution is 7.17. The molecule has 1 heterocycles. The third-order valence-corrected chi connectivity index (χ3v) is 5.51. The van der Waals surface area contributed by atoms with Gasteiger partial charge in [0.05, 0.1) is 5.56 Å². The Morgan fingerprint density at radius 2 is 2.00 bits per heavy atom. The summed E-state index contributed by atoms with van der Waals surface area (Å²) >= 11 is 7.30. The van der Waals surface area contributed by atoms with Crippen LogP contribution >= 0.6 is 22.9 Å². The molecule has 1 atom stereocenters. The molecule has 0 saturated carbocycles. The van der Waals surface area contributed by atoms with E-state index < -0.39 is 5.91 Å². The number of nitrogens with one attached hydrogen (secondary N) is 1. The van der Waals surface area contributed by atoms with Gasteiger partial charge in [-0.1, -0.05) is 18.5 Å². The zero-order valence-electron chi connectivity index (χ0n) is 12.7. The van der Waals surface area contributed by atoms with Gasteiger partial charge in [-0.2, -0.15) is 0 Å². The van der Waals surface area contributed by atoms with E-state index in [0.29, 0.717) is 27.1 Å². The fourth-order valence-corrected chi connectivity index (χ4v) is 4.41. The predicted molar refractivity (Wildman–Crippen MR) is 93.4 cm³/mol. The molecule has 1 aliphatic carbocycles. The standard InChI is InChI=1S/C17H17ClN2O2S/c1-9-2-7-12-13(8-9)23-17(14(12)15(19)21)20-16(22)10-3-5-11(18)6-4-10/h3-6,9H,2,7-8H2,1H3,(H2,19,21)(H,20,22). The molecule has 0 aliphatic heterocycles.